The van der Waals surface area contributed by atoms with Gasteiger partial charge < -0.3 is 15.2 Å². The van der Waals surface area contributed by atoms with Gasteiger partial charge in [0.25, 0.3) is 5.56 Å². The average Bonchev–Trinajstić information content (AvgIpc) is 2.44. The van der Waals surface area contributed by atoms with Gasteiger partial charge in [0.15, 0.2) is 0 Å². The van der Waals surface area contributed by atoms with Crippen LogP contribution in [0, 0.1) is 6.92 Å². The quantitative estimate of drug-likeness (QED) is 0.848. The lowest BCUT2D eigenvalue weighted by atomic mass is 10.1. The van der Waals surface area contributed by atoms with E-state index in [1.165, 1.54) is 0 Å². The van der Waals surface area contributed by atoms with E-state index in [-0.39, 0.29) is 11.5 Å². The lowest BCUT2D eigenvalue weighted by Crippen LogP contribution is -2.31. The van der Waals surface area contributed by atoms with Crippen LogP contribution in [0.15, 0.2) is 29.1 Å². The fourth-order valence-corrected chi connectivity index (χ4v) is 2.30. The van der Waals surface area contributed by atoms with E-state index in [9.17, 15) is 9.59 Å². The van der Waals surface area contributed by atoms with Crippen LogP contribution < -0.4 is 10.9 Å². The normalized spacial score (nSPS) is 11.1. The molecule has 1 amide bonds. The summed E-state index contributed by atoms with van der Waals surface area (Å²) in [7, 11) is 3.92. The smallest absolute Gasteiger partial charge is 0.251 e. The fraction of sp³-hybridized carbons (Fsp3) is 0.412. The number of aryl methyl sites for hydroxylation is 2. The van der Waals surface area contributed by atoms with Crippen molar-refractivity contribution in [2.24, 2.45) is 0 Å². The Hall–Kier alpha value is -2.14. The third-order valence-corrected chi connectivity index (χ3v) is 3.58. The number of hydrogen-bond donors (Lipinski definition) is 2. The second-order valence-corrected chi connectivity index (χ2v) is 5.87. The van der Waals surface area contributed by atoms with Gasteiger partial charge in [0.2, 0.25) is 5.91 Å². The largest absolute Gasteiger partial charge is 0.355 e. The molecule has 0 saturated heterocycles. The first-order valence-electron chi connectivity index (χ1n) is 7.49. The molecule has 0 bridgehead atoms. The number of pyridine rings is 1. The molecule has 5 nitrogen and oxygen atoms in total. The van der Waals surface area contributed by atoms with Crippen LogP contribution in [0.3, 0.4) is 0 Å². The highest BCUT2D eigenvalue weighted by Crippen LogP contribution is 2.13. The maximum absolute atomic E-state index is 12.1. The third-order valence-electron chi connectivity index (χ3n) is 3.58. The number of aromatic amines is 1. The van der Waals surface area contributed by atoms with Gasteiger partial charge in [0.1, 0.15) is 0 Å². The number of H-pyrrole nitrogens is 1. The Morgan fingerprint density at radius 1 is 1.27 bits per heavy atom. The van der Waals surface area contributed by atoms with E-state index >= 15 is 0 Å². The summed E-state index contributed by atoms with van der Waals surface area (Å²) in [6, 6.07) is 7.83. The van der Waals surface area contributed by atoms with Crippen molar-refractivity contribution in [1.82, 2.24) is 15.2 Å². The second-order valence-electron chi connectivity index (χ2n) is 5.87. The van der Waals surface area contributed by atoms with Crippen LogP contribution >= 0.6 is 0 Å². The molecule has 0 unspecified atom stereocenters. The summed E-state index contributed by atoms with van der Waals surface area (Å²) in [4.78, 5) is 28.7. The number of aromatic nitrogens is 1. The number of amides is 1. The lowest BCUT2D eigenvalue weighted by Gasteiger charge is -2.10. The summed E-state index contributed by atoms with van der Waals surface area (Å²) in [5, 5.41) is 3.85. The molecule has 0 saturated carbocycles. The number of hydrogen-bond acceptors (Lipinski definition) is 3. The van der Waals surface area contributed by atoms with Gasteiger partial charge in [-0.2, -0.15) is 0 Å². The molecule has 2 aromatic rings. The Bertz CT molecular complexity index is 719. The van der Waals surface area contributed by atoms with Crippen molar-refractivity contribution in [2.45, 2.75) is 19.8 Å². The molecule has 118 valence electrons. The summed E-state index contributed by atoms with van der Waals surface area (Å²) in [5.41, 5.74) is 2.48. The van der Waals surface area contributed by atoms with Crippen LogP contribution in [-0.2, 0) is 11.2 Å². The number of nitrogens with zero attached hydrogens (tertiary/aromatic N) is 1. The molecular weight excluding hydrogens is 278 g/mol. The summed E-state index contributed by atoms with van der Waals surface area (Å²) in [5.74, 6) is -0.0229. The lowest BCUT2D eigenvalue weighted by molar-refractivity contribution is -0.121. The van der Waals surface area contributed by atoms with Gasteiger partial charge in [-0.1, -0.05) is 12.1 Å². The van der Waals surface area contributed by atoms with Crippen molar-refractivity contribution in [3.63, 3.8) is 0 Å². The number of carbonyl (C=O) groups is 1. The van der Waals surface area contributed by atoms with Gasteiger partial charge in [-0.25, -0.2) is 0 Å². The Morgan fingerprint density at radius 3 is 2.77 bits per heavy atom. The van der Waals surface area contributed by atoms with Crippen molar-refractivity contribution >= 4 is 16.8 Å². The highest BCUT2D eigenvalue weighted by Gasteiger charge is 2.07. The molecule has 0 atom stereocenters. The van der Waals surface area contributed by atoms with E-state index in [1.807, 2.05) is 50.2 Å². The second kappa shape index (κ2) is 7.22. The summed E-state index contributed by atoms with van der Waals surface area (Å²) >= 11 is 0. The van der Waals surface area contributed by atoms with Gasteiger partial charge in [-0.3, -0.25) is 9.59 Å². The summed E-state index contributed by atoms with van der Waals surface area (Å²) in [6.07, 6.45) is 0.779. The summed E-state index contributed by atoms with van der Waals surface area (Å²) < 4.78 is 0. The van der Waals surface area contributed by atoms with Gasteiger partial charge in [0, 0.05) is 30.6 Å². The fourth-order valence-electron chi connectivity index (χ4n) is 2.30. The minimum atomic E-state index is -0.112. The standard InChI is InChI=1S/C17H23N3O2/c1-12-4-5-13-11-14(17(22)19-15(13)10-12)6-7-16(21)18-8-9-20(2)3/h4-5,10-11H,6-9H2,1-3H3,(H,18,21)(H,19,22). The van der Waals surface area contributed by atoms with Crippen LogP contribution in [-0.4, -0.2) is 43.0 Å². The van der Waals surface area contributed by atoms with Crippen LogP contribution in [0.4, 0.5) is 0 Å². The molecule has 5 heteroatoms. The van der Waals surface area contributed by atoms with Gasteiger partial charge in [-0.05, 0) is 50.5 Å². The first kappa shape index (κ1) is 16.2. The monoisotopic (exact) mass is 301 g/mol. The maximum Gasteiger partial charge on any atom is 0.251 e. The molecule has 1 aromatic heterocycles. The molecule has 0 fully saturated rings. The minimum Gasteiger partial charge on any atom is -0.355 e. The van der Waals surface area contributed by atoms with E-state index < -0.39 is 0 Å². The molecule has 1 heterocycles. The Morgan fingerprint density at radius 2 is 2.05 bits per heavy atom. The predicted molar refractivity (Wildman–Crippen MR) is 89.2 cm³/mol. The number of nitrogens with one attached hydrogen (secondary N) is 2. The van der Waals surface area contributed by atoms with Crippen molar-refractivity contribution in [1.29, 1.82) is 0 Å². The van der Waals surface area contributed by atoms with E-state index in [1.54, 1.807) is 0 Å². The number of likely N-dealkylation sites (N-methyl/N-ethyl adjacent to an activating group) is 1. The van der Waals surface area contributed by atoms with Crippen LogP contribution in [0.25, 0.3) is 10.9 Å². The van der Waals surface area contributed by atoms with E-state index in [4.69, 9.17) is 0 Å². The van der Waals surface area contributed by atoms with Crippen molar-refractivity contribution in [3.8, 4) is 0 Å². The van der Waals surface area contributed by atoms with Crippen LogP contribution in [0.2, 0.25) is 0 Å². The van der Waals surface area contributed by atoms with Gasteiger partial charge in [0.05, 0.1) is 0 Å². The molecule has 0 aliphatic heterocycles. The number of benzene rings is 1. The first-order valence-corrected chi connectivity index (χ1v) is 7.49. The predicted octanol–water partition coefficient (Wildman–Crippen LogP) is 1.45. The van der Waals surface area contributed by atoms with Gasteiger partial charge in [-0.15, -0.1) is 0 Å². The molecule has 0 radical (unpaired) electrons. The van der Waals surface area contributed by atoms with Gasteiger partial charge >= 0.3 is 0 Å². The molecule has 0 spiro atoms. The van der Waals surface area contributed by atoms with E-state index in [2.05, 4.69) is 10.3 Å². The third kappa shape index (κ3) is 4.43. The van der Waals surface area contributed by atoms with Crippen molar-refractivity contribution in [3.05, 3.63) is 45.7 Å². The summed E-state index contributed by atoms with van der Waals surface area (Å²) in [6.45, 7) is 3.42. The van der Waals surface area contributed by atoms with E-state index in [0.717, 1.165) is 23.0 Å². The highest BCUT2D eigenvalue weighted by molar-refractivity contribution is 5.80. The van der Waals surface area contributed by atoms with Crippen molar-refractivity contribution in [2.75, 3.05) is 27.2 Å². The molecule has 1 aromatic carbocycles. The zero-order valence-corrected chi connectivity index (χ0v) is 13.4. The van der Waals surface area contributed by atoms with E-state index in [0.29, 0.717) is 24.9 Å². The molecule has 0 aliphatic carbocycles. The average molecular weight is 301 g/mol. The number of rotatable bonds is 6. The Balaban J connectivity index is 1.99. The van der Waals surface area contributed by atoms with Crippen LogP contribution in [0.5, 0.6) is 0 Å². The Kier molecular flexibility index (Phi) is 5.33. The SMILES string of the molecule is Cc1ccc2cc(CCC(=O)NCCN(C)C)c(=O)[nH]c2c1. The molecule has 0 aliphatic rings. The highest BCUT2D eigenvalue weighted by atomic mass is 16.1. The maximum atomic E-state index is 12.1. The molecule has 22 heavy (non-hydrogen) atoms. The first-order chi connectivity index (χ1) is 10.5. The molecular formula is C17H23N3O2. The number of fused-ring (bicyclic) bond motifs is 1. The zero-order valence-electron chi connectivity index (χ0n) is 13.4. The topological polar surface area (TPSA) is 65.2 Å². The molecule has 2 N–H and O–H groups in total. The van der Waals surface area contributed by atoms with Crippen molar-refractivity contribution < 1.29 is 4.79 Å². The zero-order chi connectivity index (χ0) is 16.1. The minimum absolute atomic E-state index is 0.0229. The Labute approximate surface area is 130 Å². The molecule has 2 rings (SSSR count). The van der Waals surface area contributed by atoms with Crippen LogP contribution in [0.1, 0.15) is 17.5 Å². The number of carbonyl (C=O) groups excluding carboxylic acids is 1.